The fourth-order valence-corrected chi connectivity index (χ4v) is 4.40. The van der Waals surface area contributed by atoms with E-state index >= 15 is 0 Å². The molecule has 6 heteroatoms. The van der Waals surface area contributed by atoms with Crippen LogP contribution in [0.15, 0.2) is 30.3 Å². The monoisotopic (exact) mass is 418 g/mol. The lowest BCUT2D eigenvalue weighted by Gasteiger charge is -2.12. The molecular weight excluding hydrogens is 388 g/mol. The van der Waals surface area contributed by atoms with E-state index in [0.717, 1.165) is 34.0 Å². The molecule has 0 amide bonds. The normalized spacial score (nSPS) is 10.5. The number of thiocarbonyl (C=S) groups is 1. The Morgan fingerprint density at radius 2 is 1.82 bits per heavy atom. The molecule has 0 fully saturated rings. The summed E-state index contributed by atoms with van der Waals surface area (Å²) in [7, 11) is 0. The zero-order chi connectivity index (χ0) is 20.4. The predicted octanol–water partition coefficient (Wildman–Crippen LogP) is 6.16. The van der Waals surface area contributed by atoms with Gasteiger partial charge in [0, 0.05) is 17.0 Å². The van der Waals surface area contributed by atoms with Crippen molar-refractivity contribution in [3.8, 4) is 11.1 Å². The lowest BCUT2D eigenvalue weighted by atomic mass is 10.0. The fraction of sp³-hybridized carbons (Fsp3) is 0.455. The minimum absolute atomic E-state index is 0.324. The van der Waals surface area contributed by atoms with Gasteiger partial charge in [0.2, 0.25) is 0 Å². The molecular formula is C22H30N2O2S2. The first kappa shape index (κ1) is 22.4. The summed E-state index contributed by atoms with van der Waals surface area (Å²) in [5, 5.41) is 7.75. The number of hydrogen-bond acceptors (Lipinski definition) is 4. The van der Waals surface area contributed by atoms with Gasteiger partial charge < -0.3 is 15.4 Å². The molecule has 152 valence electrons. The molecule has 0 bridgehead atoms. The number of carbonyl (C=O) groups is 1. The molecule has 1 aromatic carbocycles. The summed E-state index contributed by atoms with van der Waals surface area (Å²) in [6, 6.07) is 9.93. The van der Waals surface area contributed by atoms with Crippen molar-refractivity contribution in [3.63, 3.8) is 0 Å². The molecule has 2 rings (SSSR count). The summed E-state index contributed by atoms with van der Waals surface area (Å²) in [4.78, 5) is 13.8. The second kappa shape index (κ2) is 11.8. The number of nitrogens with one attached hydrogen (secondary N) is 2. The minimum Gasteiger partial charge on any atom is -0.462 e. The molecule has 0 aliphatic heterocycles. The minimum atomic E-state index is -0.324. The highest BCUT2D eigenvalue weighted by atomic mass is 32.1. The summed E-state index contributed by atoms with van der Waals surface area (Å²) < 4.78 is 5.33. The number of benzene rings is 1. The van der Waals surface area contributed by atoms with Crippen LogP contribution in [-0.2, 0) is 4.74 Å². The van der Waals surface area contributed by atoms with Gasteiger partial charge in [-0.1, -0.05) is 62.9 Å². The van der Waals surface area contributed by atoms with Gasteiger partial charge in [-0.25, -0.2) is 4.79 Å². The Balaban J connectivity index is 2.13. The maximum absolute atomic E-state index is 12.7. The first-order valence-electron chi connectivity index (χ1n) is 9.99. The Bertz CT molecular complexity index is 772. The summed E-state index contributed by atoms with van der Waals surface area (Å²) in [5.41, 5.74) is 2.47. The lowest BCUT2D eigenvalue weighted by Crippen LogP contribution is -2.29. The molecule has 0 spiro atoms. The highest BCUT2D eigenvalue weighted by Gasteiger charge is 2.24. The Morgan fingerprint density at radius 3 is 2.50 bits per heavy atom. The highest BCUT2D eigenvalue weighted by Crippen LogP contribution is 2.40. The summed E-state index contributed by atoms with van der Waals surface area (Å²) in [6.07, 6.45) is 6.07. The van der Waals surface area contributed by atoms with Crippen molar-refractivity contribution in [2.24, 2.45) is 0 Å². The van der Waals surface area contributed by atoms with Crippen LogP contribution in [0.2, 0.25) is 0 Å². The SMILES string of the molecule is CCCCCCCNC(=S)Nc1sc(C)c(-c2ccccc2)c1C(=O)OCC. The Kier molecular flexibility index (Phi) is 9.44. The number of anilines is 1. The van der Waals surface area contributed by atoms with E-state index in [1.807, 2.05) is 44.2 Å². The average Bonchev–Trinajstić information content (AvgIpc) is 3.01. The topological polar surface area (TPSA) is 50.4 Å². The molecule has 0 atom stereocenters. The standard InChI is InChI=1S/C22H30N2O2S2/c1-4-6-7-8-12-15-23-22(27)24-20-19(21(25)26-5-2)18(16(3)28-20)17-13-10-9-11-14-17/h9-11,13-14H,4-8,12,15H2,1-3H3,(H2,23,24,27). The van der Waals surface area contributed by atoms with Crippen molar-refractivity contribution >= 4 is 39.6 Å². The van der Waals surface area contributed by atoms with E-state index in [1.54, 1.807) is 0 Å². The number of hydrogen-bond donors (Lipinski definition) is 2. The quantitative estimate of drug-likeness (QED) is 0.275. The zero-order valence-corrected chi connectivity index (χ0v) is 18.6. The lowest BCUT2D eigenvalue weighted by molar-refractivity contribution is 0.0529. The van der Waals surface area contributed by atoms with Gasteiger partial charge in [-0.3, -0.25) is 0 Å². The number of thiophene rings is 1. The van der Waals surface area contributed by atoms with E-state index < -0.39 is 0 Å². The number of unbranched alkanes of at least 4 members (excludes halogenated alkanes) is 4. The van der Waals surface area contributed by atoms with Crippen molar-refractivity contribution in [2.45, 2.75) is 52.9 Å². The molecule has 1 heterocycles. The van der Waals surface area contributed by atoms with Crippen LogP contribution in [0.4, 0.5) is 5.00 Å². The van der Waals surface area contributed by atoms with Crippen LogP contribution in [0.3, 0.4) is 0 Å². The number of esters is 1. The zero-order valence-electron chi connectivity index (χ0n) is 17.0. The van der Waals surface area contributed by atoms with E-state index in [0.29, 0.717) is 17.3 Å². The summed E-state index contributed by atoms with van der Waals surface area (Å²) in [6.45, 7) is 7.22. The first-order chi connectivity index (χ1) is 13.6. The van der Waals surface area contributed by atoms with Crippen LogP contribution in [-0.4, -0.2) is 24.2 Å². The molecule has 28 heavy (non-hydrogen) atoms. The molecule has 0 unspecified atom stereocenters. The average molecular weight is 419 g/mol. The Labute approximate surface area is 177 Å². The maximum Gasteiger partial charge on any atom is 0.341 e. The van der Waals surface area contributed by atoms with Crippen LogP contribution in [0, 0.1) is 6.92 Å². The largest absolute Gasteiger partial charge is 0.462 e. The van der Waals surface area contributed by atoms with Crippen LogP contribution in [0.5, 0.6) is 0 Å². The van der Waals surface area contributed by atoms with Gasteiger partial charge in [-0.05, 0) is 38.0 Å². The van der Waals surface area contributed by atoms with Gasteiger partial charge in [0.25, 0.3) is 0 Å². The predicted molar refractivity (Wildman–Crippen MR) is 123 cm³/mol. The van der Waals surface area contributed by atoms with Crippen molar-refractivity contribution in [1.29, 1.82) is 0 Å². The van der Waals surface area contributed by atoms with Gasteiger partial charge in [0.05, 0.1) is 6.61 Å². The van der Waals surface area contributed by atoms with Crippen LogP contribution < -0.4 is 10.6 Å². The van der Waals surface area contributed by atoms with Crippen LogP contribution >= 0.6 is 23.6 Å². The molecule has 2 aromatic rings. The summed E-state index contributed by atoms with van der Waals surface area (Å²) in [5.74, 6) is -0.324. The summed E-state index contributed by atoms with van der Waals surface area (Å²) >= 11 is 6.98. The molecule has 0 aliphatic carbocycles. The number of carbonyl (C=O) groups excluding carboxylic acids is 1. The molecule has 0 saturated heterocycles. The van der Waals surface area contributed by atoms with Gasteiger partial charge in [0.1, 0.15) is 10.6 Å². The van der Waals surface area contributed by atoms with Crippen molar-refractivity contribution < 1.29 is 9.53 Å². The first-order valence-corrected chi connectivity index (χ1v) is 11.2. The van der Waals surface area contributed by atoms with Gasteiger partial charge >= 0.3 is 5.97 Å². The second-order valence-corrected chi connectivity index (χ2v) is 8.25. The van der Waals surface area contributed by atoms with E-state index in [9.17, 15) is 4.79 Å². The van der Waals surface area contributed by atoms with Gasteiger partial charge in [-0.15, -0.1) is 11.3 Å². The van der Waals surface area contributed by atoms with Crippen molar-refractivity contribution in [1.82, 2.24) is 5.32 Å². The maximum atomic E-state index is 12.7. The van der Waals surface area contributed by atoms with Crippen LogP contribution in [0.1, 0.15) is 61.2 Å². The molecule has 0 radical (unpaired) electrons. The smallest absolute Gasteiger partial charge is 0.341 e. The Morgan fingerprint density at radius 1 is 1.11 bits per heavy atom. The number of ether oxygens (including phenoxy) is 1. The number of rotatable bonds is 10. The third kappa shape index (κ3) is 6.31. The molecule has 4 nitrogen and oxygen atoms in total. The molecule has 0 saturated carbocycles. The third-order valence-corrected chi connectivity index (χ3v) is 5.69. The van der Waals surface area contributed by atoms with Gasteiger partial charge in [0.15, 0.2) is 5.11 Å². The third-order valence-electron chi connectivity index (χ3n) is 4.42. The number of aryl methyl sites for hydroxylation is 1. The molecule has 1 aromatic heterocycles. The van der Waals surface area contributed by atoms with Gasteiger partial charge in [-0.2, -0.15) is 0 Å². The van der Waals surface area contributed by atoms with E-state index in [2.05, 4.69) is 17.6 Å². The van der Waals surface area contributed by atoms with E-state index in [-0.39, 0.29) is 5.97 Å². The van der Waals surface area contributed by atoms with E-state index in [1.165, 1.54) is 37.0 Å². The molecule has 0 aliphatic rings. The van der Waals surface area contributed by atoms with Crippen molar-refractivity contribution in [3.05, 3.63) is 40.8 Å². The second-order valence-electron chi connectivity index (χ2n) is 6.62. The van der Waals surface area contributed by atoms with Crippen molar-refractivity contribution in [2.75, 3.05) is 18.5 Å². The highest BCUT2D eigenvalue weighted by molar-refractivity contribution is 7.80. The van der Waals surface area contributed by atoms with E-state index in [4.69, 9.17) is 17.0 Å². The Hall–Kier alpha value is -1.92. The fourth-order valence-electron chi connectivity index (χ4n) is 3.06. The molecule has 2 N–H and O–H groups in total. The van der Waals surface area contributed by atoms with Crippen LogP contribution in [0.25, 0.3) is 11.1 Å².